The van der Waals surface area contributed by atoms with Crippen molar-refractivity contribution in [2.45, 2.75) is 58.0 Å². The van der Waals surface area contributed by atoms with Crippen LogP contribution < -0.4 is 0 Å². The van der Waals surface area contributed by atoms with Gasteiger partial charge in [0.05, 0.1) is 6.61 Å². The second-order valence-corrected chi connectivity index (χ2v) is 4.02. The first-order chi connectivity index (χ1) is 7.31. The predicted octanol–water partition coefficient (Wildman–Crippen LogP) is 2.55. The monoisotopic (exact) mass is 217 g/mol. The topological polar surface area (TPSA) is 49.4 Å². The predicted molar refractivity (Wildman–Crippen MR) is 60.4 cm³/mol. The first-order valence-electron chi connectivity index (χ1n) is 6.15. The molecule has 0 aliphatic heterocycles. The van der Waals surface area contributed by atoms with Gasteiger partial charge in [-0.25, -0.2) is 5.11 Å². The highest BCUT2D eigenvalue weighted by atomic mass is 16.5. The SMILES string of the molecule is CCCCCCCCCOCC(O)C[O]. The Bertz CT molecular complexity index is 117. The van der Waals surface area contributed by atoms with Crippen molar-refractivity contribution in [3.8, 4) is 0 Å². The fourth-order valence-electron chi connectivity index (χ4n) is 1.43. The van der Waals surface area contributed by atoms with E-state index in [2.05, 4.69) is 6.92 Å². The molecule has 1 N–H and O–H groups in total. The Morgan fingerprint density at radius 2 is 1.67 bits per heavy atom. The van der Waals surface area contributed by atoms with E-state index in [9.17, 15) is 5.11 Å². The van der Waals surface area contributed by atoms with E-state index in [0.717, 1.165) is 6.42 Å². The molecule has 1 unspecified atom stereocenters. The van der Waals surface area contributed by atoms with Crippen molar-refractivity contribution < 1.29 is 14.9 Å². The van der Waals surface area contributed by atoms with Crippen LogP contribution in [0.3, 0.4) is 0 Å². The van der Waals surface area contributed by atoms with E-state index >= 15 is 0 Å². The average Bonchev–Trinajstić information content (AvgIpc) is 2.26. The molecule has 0 saturated carbocycles. The molecule has 0 aliphatic rings. The van der Waals surface area contributed by atoms with Crippen LogP contribution >= 0.6 is 0 Å². The summed E-state index contributed by atoms with van der Waals surface area (Å²) >= 11 is 0. The number of aliphatic hydroxyl groups excluding tert-OH is 1. The van der Waals surface area contributed by atoms with Crippen LogP contribution in [-0.2, 0) is 9.84 Å². The first kappa shape index (κ1) is 14.9. The average molecular weight is 217 g/mol. The summed E-state index contributed by atoms with van der Waals surface area (Å²) < 4.78 is 5.16. The van der Waals surface area contributed by atoms with Crippen molar-refractivity contribution in [3.05, 3.63) is 0 Å². The number of hydrogen-bond donors (Lipinski definition) is 1. The fourth-order valence-corrected chi connectivity index (χ4v) is 1.43. The second-order valence-electron chi connectivity index (χ2n) is 4.02. The number of aliphatic hydroxyl groups is 1. The zero-order chi connectivity index (χ0) is 11.4. The van der Waals surface area contributed by atoms with Crippen molar-refractivity contribution >= 4 is 0 Å². The van der Waals surface area contributed by atoms with Gasteiger partial charge in [0.1, 0.15) is 12.7 Å². The van der Waals surface area contributed by atoms with Crippen LogP contribution in [0.5, 0.6) is 0 Å². The van der Waals surface area contributed by atoms with Gasteiger partial charge < -0.3 is 9.84 Å². The lowest BCUT2D eigenvalue weighted by Crippen LogP contribution is -2.18. The largest absolute Gasteiger partial charge is 0.388 e. The Balaban J connectivity index is 2.92. The molecule has 0 aromatic carbocycles. The van der Waals surface area contributed by atoms with Gasteiger partial charge in [-0.2, -0.15) is 0 Å². The summed E-state index contributed by atoms with van der Waals surface area (Å²) in [7, 11) is 0. The molecular formula is C12H25O3. The molecule has 0 rings (SSSR count). The minimum atomic E-state index is -0.824. The molecule has 0 saturated heterocycles. The number of rotatable bonds is 11. The lowest BCUT2D eigenvalue weighted by Gasteiger charge is -2.07. The van der Waals surface area contributed by atoms with E-state index in [-0.39, 0.29) is 6.61 Å². The van der Waals surface area contributed by atoms with Crippen LogP contribution in [0.25, 0.3) is 0 Å². The van der Waals surface area contributed by atoms with Gasteiger partial charge in [0.15, 0.2) is 0 Å². The highest BCUT2D eigenvalue weighted by Crippen LogP contribution is 2.06. The third-order valence-electron chi connectivity index (χ3n) is 2.39. The molecule has 0 fully saturated rings. The Labute approximate surface area is 93.5 Å². The number of ether oxygens (including phenoxy) is 1. The van der Waals surface area contributed by atoms with Gasteiger partial charge in [-0.3, -0.25) is 0 Å². The summed E-state index contributed by atoms with van der Waals surface area (Å²) in [5, 5.41) is 19.1. The summed E-state index contributed by atoms with van der Waals surface area (Å²) in [6.07, 6.45) is 7.96. The molecule has 0 aromatic rings. The van der Waals surface area contributed by atoms with E-state index in [0.29, 0.717) is 6.61 Å². The molecule has 3 nitrogen and oxygen atoms in total. The summed E-state index contributed by atoms with van der Waals surface area (Å²) in [5.41, 5.74) is 0. The lowest BCUT2D eigenvalue weighted by atomic mass is 10.1. The fraction of sp³-hybridized carbons (Fsp3) is 1.00. The van der Waals surface area contributed by atoms with Crippen LogP contribution in [-0.4, -0.2) is 31.0 Å². The maximum Gasteiger partial charge on any atom is 0.110 e. The highest BCUT2D eigenvalue weighted by molar-refractivity contribution is 4.49. The summed E-state index contributed by atoms with van der Waals surface area (Å²) in [6.45, 7) is 2.62. The Morgan fingerprint density at radius 1 is 1.07 bits per heavy atom. The molecule has 15 heavy (non-hydrogen) atoms. The van der Waals surface area contributed by atoms with Crippen LogP contribution in [0.15, 0.2) is 0 Å². The van der Waals surface area contributed by atoms with E-state index < -0.39 is 12.7 Å². The van der Waals surface area contributed by atoms with E-state index in [1.807, 2.05) is 0 Å². The van der Waals surface area contributed by atoms with E-state index in [1.54, 1.807) is 0 Å². The molecule has 3 heteroatoms. The van der Waals surface area contributed by atoms with Gasteiger partial charge in [0.25, 0.3) is 0 Å². The molecule has 1 radical (unpaired) electrons. The normalized spacial score (nSPS) is 13.0. The maximum atomic E-state index is 10.2. The van der Waals surface area contributed by atoms with Crippen molar-refractivity contribution in [2.24, 2.45) is 0 Å². The Hall–Kier alpha value is -0.120. The molecule has 91 valence electrons. The number of hydrogen-bond acceptors (Lipinski definition) is 2. The van der Waals surface area contributed by atoms with Crippen LogP contribution in [0.2, 0.25) is 0 Å². The van der Waals surface area contributed by atoms with Crippen LogP contribution in [0, 0.1) is 0 Å². The second kappa shape index (κ2) is 12.0. The van der Waals surface area contributed by atoms with Gasteiger partial charge in [-0.15, -0.1) is 0 Å². The minimum Gasteiger partial charge on any atom is -0.388 e. The highest BCUT2D eigenvalue weighted by Gasteiger charge is 2.01. The minimum absolute atomic E-state index is 0.194. The van der Waals surface area contributed by atoms with Crippen molar-refractivity contribution in [1.82, 2.24) is 0 Å². The summed E-state index contributed by atoms with van der Waals surface area (Å²) in [6, 6.07) is 0. The zero-order valence-electron chi connectivity index (χ0n) is 9.91. The summed E-state index contributed by atoms with van der Waals surface area (Å²) in [5.74, 6) is 0. The zero-order valence-corrected chi connectivity index (χ0v) is 9.91. The Kier molecular flexibility index (Phi) is 11.9. The van der Waals surface area contributed by atoms with Gasteiger partial charge in [0.2, 0.25) is 0 Å². The van der Waals surface area contributed by atoms with Crippen molar-refractivity contribution in [3.63, 3.8) is 0 Å². The van der Waals surface area contributed by atoms with Crippen LogP contribution in [0.1, 0.15) is 51.9 Å². The van der Waals surface area contributed by atoms with E-state index in [1.165, 1.54) is 38.5 Å². The molecule has 0 spiro atoms. The Morgan fingerprint density at radius 3 is 2.27 bits per heavy atom. The standard InChI is InChI=1S/C12H25O3/c1-2-3-4-5-6-7-8-9-15-11-12(14)10-13/h12,14H,2-11H2,1H3. The van der Waals surface area contributed by atoms with Crippen LogP contribution in [0.4, 0.5) is 0 Å². The molecule has 0 aromatic heterocycles. The summed E-state index contributed by atoms with van der Waals surface area (Å²) in [4.78, 5) is 0. The molecule has 0 heterocycles. The lowest BCUT2D eigenvalue weighted by molar-refractivity contribution is -0.0127. The molecular weight excluding hydrogens is 192 g/mol. The smallest absolute Gasteiger partial charge is 0.110 e. The van der Waals surface area contributed by atoms with Crippen molar-refractivity contribution in [1.29, 1.82) is 0 Å². The van der Waals surface area contributed by atoms with Gasteiger partial charge >= 0.3 is 0 Å². The van der Waals surface area contributed by atoms with Gasteiger partial charge in [0, 0.05) is 6.61 Å². The van der Waals surface area contributed by atoms with E-state index in [4.69, 9.17) is 9.84 Å². The van der Waals surface area contributed by atoms with Crippen molar-refractivity contribution in [2.75, 3.05) is 19.8 Å². The molecule has 1 atom stereocenters. The first-order valence-corrected chi connectivity index (χ1v) is 6.15. The number of unbranched alkanes of at least 4 members (excludes halogenated alkanes) is 6. The van der Waals surface area contributed by atoms with Gasteiger partial charge in [-0.1, -0.05) is 45.4 Å². The third-order valence-corrected chi connectivity index (χ3v) is 2.39. The molecule has 0 amide bonds. The van der Waals surface area contributed by atoms with Gasteiger partial charge in [-0.05, 0) is 6.42 Å². The molecule has 0 aliphatic carbocycles. The quantitative estimate of drug-likeness (QED) is 0.541. The maximum absolute atomic E-state index is 10.2. The molecule has 0 bridgehead atoms. The third kappa shape index (κ3) is 11.8.